The molecule has 1 aliphatic rings. The van der Waals surface area contributed by atoms with Crippen molar-refractivity contribution in [3.63, 3.8) is 0 Å². The molecular formula is C15H15FN2O2. The van der Waals surface area contributed by atoms with E-state index in [1.165, 1.54) is 23.1 Å². The average Bonchev–Trinajstić information content (AvgIpc) is 3.21. The van der Waals surface area contributed by atoms with Crippen molar-refractivity contribution in [2.75, 3.05) is 14.1 Å². The molecule has 4 nitrogen and oxygen atoms in total. The molecule has 1 amide bonds. The number of amides is 1. The fourth-order valence-corrected chi connectivity index (χ4v) is 2.39. The van der Waals surface area contributed by atoms with Gasteiger partial charge < -0.3 is 9.47 Å². The molecule has 0 radical (unpaired) electrons. The second kappa shape index (κ2) is 4.44. The Hall–Kier alpha value is -2.17. The molecule has 0 saturated heterocycles. The van der Waals surface area contributed by atoms with Crippen molar-refractivity contribution in [2.45, 2.75) is 18.9 Å². The third-order valence-corrected chi connectivity index (χ3v) is 3.55. The van der Waals surface area contributed by atoms with E-state index < -0.39 is 5.82 Å². The van der Waals surface area contributed by atoms with E-state index >= 15 is 0 Å². The second-order valence-electron chi connectivity index (χ2n) is 5.37. The Bertz CT molecular complexity index is 760. The van der Waals surface area contributed by atoms with Crippen LogP contribution in [0.15, 0.2) is 29.1 Å². The van der Waals surface area contributed by atoms with Crippen molar-refractivity contribution < 1.29 is 9.18 Å². The second-order valence-corrected chi connectivity index (χ2v) is 5.37. The maximum atomic E-state index is 13.3. The summed E-state index contributed by atoms with van der Waals surface area (Å²) in [6.07, 6.45) is 1.81. The van der Waals surface area contributed by atoms with Crippen molar-refractivity contribution in [1.29, 1.82) is 0 Å². The highest BCUT2D eigenvalue weighted by molar-refractivity contribution is 5.96. The van der Waals surface area contributed by atoms with Crippen molar-refractivity contribution in [3.05, 3.63) is 46.1 Å². The van der Waals surface area contributed by atoms with E-state index in [4.69, 9.17) is 0 Å². The quantitative estimate of drug-likeness (QED) is 0.842. The molecular weight excluding hydrogens is 259 g/mol. The Balaban J connectivity index is 2.34. The van der Waals surface area contributed by atoms with Crippen molar-refractivity contribution >= 4 is 16.7 Å². The normalized spacial score (nSPS) is 14.6. The Kier molecular flexibility index (Phi) is 2.85. The van der Waals surface area contributed by atoms with Crippen LogP contribution in [0.5, 0.6) is 0 Å². The summed E-state index contributed by atoms with van der Waals surface area (Å²) in [4.78, 5) is 26.2. The maximum Gasteiger partial charge on any atom is 0.270 e. The van der Waals surface area contributed by atoms with Gasteiger partial charge in [-0.05, 0) is 42.5 Å². The fourth-order valence-electron chi connectivity index (χ4n) is 2.39. The van der Waals surface area contributed by atoms with Gasteiger partial charge in [-0.2, -0.15) is 0 Å². The maximum absolute atomic E-state index is 13.3. The number of carbonyl (C=O) groups is 1. The molecule has 1 saturated carbocycles. The SMILES string of the molecule is CN(C)C(=O)c1cc2cc(F)ccc2c(=O)n1C1CC1. The van der Waals surface area contributed by atoms with E-state index in [-0.39, 0.29) is 17.5 Å². The predicted octanol–water partition coefficient (Wildman–Crippen LogP) is 2.18. The highest BCUT2D eigenvalue weighted by Crippen LogP contribution is 2.35. The summed E-state index contributed by atoms with van der Waals surface area (Å²) in [5, 5.41) is 0.922. The van der Waals surface area contributed by atoms with Crippen molar-refractivity contribution in [1.82, 2.24) is 9.47 Å². The van der Waals surface area contributed by atoms with Crippen LogP contribution in [0.2, 0.25) is 0 Å². The van der Waals surface area contributed by atoms with E-state index in [0.717, 1.165) is 12.8 Å². The Morgan fingerprint density at radius 3 is 2.60 bits per heavy atom. The third-order valence-electron chi connectivity index (χ3n) is 3.55. The van der Waals surface area contributed by atoms with Crippen LogP contribution in [-0.2, 0) is 0 Å². The van der Waals surface area contributed by atoms with Gasteiger partial charge in [-0.1, -0.05) is 0 Å². The highest BCUT2D eigenvalue weighted by atomic mass is 19.1. The zero-order chi connectivity index (χ0) is 14.4. The molecule has 0 atom stereocenters. The first-order valence-corrected chi connectivity index (χ1v) is 6.55. The fraction of sp³-hybridized carbons (Fsp3) is 0.333. The summed E-state index contributed by atoms with van der Waals surface area (Å²) in [6.45, 7) is 0. The minimum Gasteiger partial charge on any atom is -0.343 e. The molecule has 2 aromatic rings. The van der Waals surface area contributed by atoms with Gasteiger partial charge >= 0.3 is 0 Å². The zero-order valence-electron chi connectivity index (χ0n) is 11.4. The van der Waals surface area contributed by atoms with Gasteiger partial charge in [0.25, 0.3) is 11.5 Å². The van der Waals surface area contributed by atoms with Gasteiger partial charge in [0.05, 0.1) is 0 Å². The summed E-state index contributed by atoms with van der Waals surface area (Å²) in [6, 6.07) is 5.75. The number of carbonyl (C=O) groups excluding carboxylic acids is 1. The van der Waals surface area contributed by atoms with E-state index in [9.17, 15) is 14.0 Å². The minimum atomic E-state index is -0.413. The summed E-state index contributed by atoms with van der Waals surface area (Å²) in [5.74, 6) is -0.649. The summed E-state index contributed by atoms with van der Waals surface area (Å²) in [5.41, 5.74) is 0.121. The summed E-state index contributed by atoms with van der Waals surface area (Å²) < 4.78 is 14.9. The lowest BCUT2D eigenvalue weighted by molar-refractivity contribution is 0.0815. The van der Waals surface area contributed by atoms with Gasteiger partial charge in [-0.3, -0.25) is 9.59 Å². The number of hydrogen-bond donors (Lipinski definition) is 0. The van der Waals surface area contributed by atoms with Crippen LogP contribution in [0.1, 0.15) is 29.4 Å². The van der Waals surface area contributed by atoms with Crippen LogP contribution < -0.4 is 5.56 Å². The molecule has 1 heterocycles. The Morgan fingerprint density at radius 2 is 2.00 bits per heavy atom. The Morgan fingerprint density at radius 1 is 1.30 bits per heavy atom. The minimum absolute atomic E-state index is 0.0934. The average molecular weight is 274 g/mol. The number of nitrogens with zero attached hydrogens (tertiary/aromatic N) is 2. The molecule has 3 rings (SSSR count). The smallest absolute Gasteiger partial charge is 0.270 e. The molecule has 1 fully saturated rings. The lowest BCUT2D eigenvalue weighted by atomic mass is 10.1. The van der Waals surface area contributed by atoms with E-state index in [0.29, 0.717) is 16.5 Å². The topological polar surface area (TPSA) is 42.3 Å². The molecule has 104 valence electrons. The Labute approximate surface area is 115 Å². The standard InChI is InChI=1S/C15H15FN2O2/c1-17(2)15(20)13-8-9-7-10(16)3-6-12(9)14(19)18(13)11-4-5-11/h3,6-8,11H,4-5H2,1-2H3. The largest absolute Gasteiger partial charge is 0.343 e. The van der Waals surface area contributed by atoms with Gasteiger partial charge in [-0.15, -0.1) is 0 Å². The summed E-state index contributed by atoms with van der Waals surface area (Å²) >= 11 is 0. The van der Waals surface area contributed by atoms with E-state index in [1.54, 1.807) is 24.7 Å². The van der Waals surface area contributed by atoms with Gasteiger partial charge in [0, 0.05) is 25.5 Å². The monoisotopic (exact) mass is 274 g/mol. The molecule has 0 bridgehead atoms. The summed E-state index contributed by atoms with van der Waals surface area (Å²) in [7, 11) is 3.28. The zero-order valence-corrected chi connectivity index (χ0v) is 11.4. The number of rotatable bonds is 2. The molecule has 0 aliphatic heterocycles. The van der Waals surface area contributed by atoms with E-state index in [1.807, 2.05) is 0 Å². The molecule has 1 aromatic heterocycles. The molecule has 5 heteroatoms. The first-order valence-electron chi connectivity index (χ1n) is 6.55. The predicted molar refractivity (Wildman–Crippen MR) is 74.5 cm³/mol. The van der Waals surface area contributed by atoms with Crippen LogP contribution in [0.25, 0.3) is 10.8 Å². The number of hydrogen-bond acceptors (Lipinski definition) is 2. The number of pyridine rings is 1. The first-order chi connectivity index (χ1) is 9.49. The molecule has 0 spiro atoms. The number of halogens is 1. The third kappa shape index (κ3) is 1.99. The molecule has 20 heavy (non-hydrogen) atoms. The van der Waals surface area contributed by atoms with Crippen LogP contribution in [-0.4, -0.2) is 29.5 Å². The lowest BCUT2D eigenvalue weighted by Gasteiger charge is -2.16. The molecule has 0 N–H and O–H groups in total. The number of aromatic nitrogens is 1. The van der Waals surface area contributed by atoms with Gasteiger partial charge in [0.2, 0.25) is 0 Å². The van der Waals surface area contributed by atoms with Crippen LogP contribution in [0, 0.1) is 5.82 Å². The molecule has 1 aliphatic carbocycles. The van der Waals surface area contributed by atoms with Gasteiger partial charge in [0.15, 0.2) is 0 Å². The highest BCUT2D eigenvalue weighted by Gasteiger charge is 2.30. The molecule has 0 unspecified atom stereocenters. The van der Waals surface area contributed by atoms with E-state index in [2.05, 4.69) is 0 Å². The number of fused-ring (bicyclic) bond motifs is 1. The first kappa shape index (κ1) is 12.8. The van der Waals surface area contributed by atoms with Crippen LogP contribution in [0.3, 0.4) is 0 Å². The van der Waals surface area contributed by atoms with Crippen LogP contribution >= 0.6 is 0 Å². The lowest BCUT2D eigenvalue weighted by Crippen LogP contribution is -2.31. The number of benzene rings is 1. The van der Waals surface area contributed by atoms with Crippen molar-refractivity contribution in [3.8, 4) is 0 Å². The van der Waals surface area contributed by atoms with Gasteiger partial charge in [-0.25, -0.2) is 4.39 Å². The van der Waals surface area contributed by atoms with Gasteiger partial charge in [0.1, 0.15) is 11.5 Å². The van der Waals surface area contributed by atoms with Crippen LogP contribution in [0.4, 0.5) is 4.39 Å². The molecule has 1 aromatic carbocycles. The van der Waals surface area contributed by atoms with Crippen molar-refractivity contribution in [2.24, 2.45) is 0 Å².